The van der Waals surface area contributed by atoms with Crippen LogP contribution in [0, 0.1) is 17.8 Å². The summed E-state index contributed by atoms with van der Waals surface area (Å²) in [4.78, 5) is 17.2. The second-order valence-corrected chi connectivity index (χ2v) is 7.91. The van der Waals surface area contributed by atoms with Gasteiger partial charge >= 0.3 is 0 Å². The number of aliphatic hydroxyl groups is 2. The van der Waals surface area contributed by atoms with Crippen molar-refractivity contribution in [2.24, 2.45) is 17.8 Å². The summed E-state index contributed by atoms with van der Waals surface area (Å²) >= 11 is 0. The van der Waals surface area contributed by atoms with E-state index in [4.69, 9.17) is 9.47 Å². The topological polar surface area (TPSA) is 82.5 Å². The highest BCUT2D eigenvalue weighted by molar-refractivity contribution is 5.95. The molecule has 0 unspecified atom stereocenters. The molecule has 2 saturated heterocycles. The molecule has 0 radical (unpaired) electrons. The number of carbonyl (C=O) groups is 1. The molecule has 3 heterocycles. The number of benzene rings is 1. The van der Waals surface area contributed by atoms with Crippen LogP contribution in [0.2, 0.25) is 0 Å². The molecule has 27 heavy (non-hydrogen) atoms. The van der Waals surface area contributed by atoms with Crippen molar-refractivity contribution in [1.29, 1.82) is 0 Å². The zero-order valence-corrected chi connectivity index (χ0v) is 15.5. The standard InChI is InChI=1S/C20H28N2O5/c23-11-14-3-5-21(6-4-14)8-16-9-22(10-17(16)12-24)20(25)15-1-2-18-19(7-15)27-13-26-18/h1-2,7,14,16-17,23-24H,3-6,8-13H2/t16-,17-/m0/s1. The van der Waals surface area contributed by atoms with Crippen molar-refractivity contribution in [2.45, 2.75) is 12.8 Å². The van der Waals surface area contributed by atoms with Gasteiger partial charge in [-0.2, -0.15) is 0 Å². The normalized spacial score (nSPS) is 25.9. The van der Waals surface area contributed by atoms with Crippen molar-refractivity contribution >= 4 is 5.91 Å². The van der Waals surface area contributed by atoms with Gasteiger partial charge in [0.25, 0.3) is 5.91 Å². The second-order valence-electron chi connectivity index (χ2n) is 7.91. The Hall–Kier alpha value is -1.83. The highest BCUT2D eigenvalue weighted by Crippen LogP contribution is 2.34. The highest BCUT2D eigenvalue weighted by atomic mass is 16.7. The number of hydrogen-bond acceptors (Lipinski definition) is 6. The van der Waals surface area contributed by atoms with Crippen molar-refractivity contribution in [3.8, 4) is 11.5 Å². The van der Waals surface area contributed by atoms with Gasteiger partial charge in [-0.25, -0.2) is 0 Å². The summed E-state index contributed by atoms with van der Waals surface area (Å²) < 4.78 is 10.7. The summed E-state index contributed by atoms with van der Waals surface area (Å²) in [6.45, 7) is 4.68. The lowest BCUT2D eigenvalue weighted by atomic mass is 9.93. The smallest absolute Gasteiger partial charge is 0.254 e. The number of hydrogen-bond donors (Lipinski definition) is 2. The summed E-state index contributed by atoms with van der Waals surface area (Å²) in [6, 6.07) is 5.29. The molecule has 0 aliphatic carbocycles. The summed E-state index contributed by atoms with van der Waals surface area (Å²) in [5, 5.41) is 19.1. The van der Waals surface area contributed by atoms with E-state index in [1.54, 1.807) is 18.2 Å². The molecule has 3 aliphatic heterocycles. The first-order chi connectivity index (χ1) is 13.2. The molecule has 1 aromatic carbocycles. The summed E-state index contributed by atoms with van der Waals surface area (Å²) in [6.07, 6.45) is 2.04. The van der Waals surface area contributed by atoms with Crippen LogP contribution in [-0.4, -0.2) is 78.7 Å². The maximum absolute atomic E-state index is 12.9. The number of aliphatic hydroxyl groups excluding tert-OH is 2. The average Bonchev–Trinajstić information content (AvgIpc) is 3.34. The van der Waals surface area contributed by atoms with E-state index in [0.717, 1.165) is 32.5 Å². The van der Waals surface area contributed by atoms with E-state index < -0.39 is 0 Å². The van der Waals surface area contributed by atoms with Gasteiger partial charge in [-0.3, -0.25) is 4.79 Å². The quantitative estimate of drug-likeness (QED) is 0.791. The Kier molecular flexibility index (Phi) is 5.52. The molecule has 2 N–H and O–H groups in total. The fraction of sp³-hybridized carbons (Fsp3) is 0.650. The monoisotopic (exact) mass is 376 g/mol. The Morgan fingerprint density at radius 1 is 1.04 bits per heavy atom. The molecule has 0 aromatic heterocycles. The zero-order chi connectivity index (χ0) is 18.8. The zero-order valence-electron chi connectivity index (χ0n) is 15.5. The molecule has 7 nitrogen and oxygen atoms in total. The lowest BCUT2D eigenvalue weighted by molar-refractivity contribution is 0.0775. The molecule has 2 fully saturated rings. The summed E-state index contributed by atoms with van der Waals surface area (Å²) in [5.74, 6) is 2.07. The Balaban J connectivity index is 1.38. The fourth-order valence-corrected chi connectivity index (χ4v) is 4.41. The van der Waals surface area contributed by atoms with Gasteiger partial charge in [0, 0.05) is 44.3 Å². The van der Waals surface area contributed by atoms with Gasteiger partial charge in [-0.05, 0) is 56.0 Å². The third-order valence-electron chi connectivity index (χ3n) is 6.18. The number of piperidine rings is 1. The number of likely N-dealkylation sites (tertiary alicyclic amines) is 2. The maximum Gasteiger partial charge on any atom is 0.254 e. The predicted octanol–water partition coefficient (Wildman–Crippen LogP) is 0.800. The summed E-state index contributed by atoms with van der Waals surface area (Å²) in [5.41, 5.74) is 0.598. The molecule has 0 saturated carbocycles. The van der Waals surface area contributed by atoms with Crippen LogP contribution in [0.3, 0.4) is 0 Å². The minimum absolute atomic E-state index is 0.0201. The predicted molar refractivity (Wildman–Crippen MR) is 98.8 cm³/mol. The third kappa shape index (κ3) is 3.90. The fourth-order valence-electron chi connectivity index (χ4n) is 4.41. The maximum atomic E-state index is 12.9. The molecular formula is C20H28N2O5. The van der Waals surface area contributed by atoms with Crippen LogP contribution in [-0.2, 0) is 0 Å². The lowest BCUT2D eigenvalue weighted by Crippen LogP contribution is -2.40. The van der Waals surface area contributed by atoms with Crippen LogP contribution in [0.5, 0.6) is 11.5 Å². The molecule has 2 atom stereocenters. The molecule has 148 valence electrons. The van der Waals surface area contributed by atoms with Gasteiger partial charge in [0.2, 0.25) is 6.79 Å². The van der Waals surface area contributed by atoms with E-state index in [-0.39, 0.29) is 37.7 Å². The van der Waals surface area contributed by atoms with Crippen molar-refractivity contribution in [2.75, 3.05) is 52.7 Å². The summed E-state index contributed by atoms with van der Waals surface area (Å²) in [7, 11) is 0. The number of ether oxygens (including phenoxy) is 2. The van der Waals surface area contributed by atoms with E-state index >= 15 is 0 Å². The largest absolute Gasteiger partial charge is 0.454 e. The second kappa shape index (κ2) is 8.04. The Bertz CT molecular complexity index is 674. The molecular weight excluding hydrogens is 348 g/mol. The molecule has 3 aliphatic rings. The first kappa shape index (κ1) is 18.5. The van der Waals surface area contributed by atoms with Gasteiger partial charge in [0.05, 0.1) is 0 Å². The number of carbonyl (C=O) groups excluding carboxylic acids is 1. The van der Waals surface area contributed by atoms with Crippen LogP contribution >= 0.6 is 0 Å². The van der Waals surface area contributed by atoms with Crippen molar-refractivity contribution < 1.29 is 24.5 Å². The van der Waals surface area contributed by atoms with Gasteiger partial charge in [-0.15, -0.1) is 0 Å². The van der Waals surface area contributed by atoms with Crippen LogP contribution in [0.1, 0.15) is 23.2 Å². The molecule has 1 amide bonds. The highest BCUT2D eigenvalue weighted by Gasteiger charge is 2.36. The first-order valence-corrected chi connectivity index (χ1v) is 9.81. The minimum Gasteiger partial charge on any atom is -0.454 e. The molecule has 0 bridgehead atoms. The molecule has 7 heteroatoms. The van der Waals surface area contributed by atoms with Crippen LogP contribution in [0.25, 0.3) is 0 Å². The lowest BCUT2D eigenvalue weighted by Gasteiger charge is -2.33. The van der Waals surface area contributed by atoms with E-state index in [0.29, 0.717) is 36.1 Å². The van der Waals surface area contributed by atoms with E-state index in [1.807, 2.05) is 4.90 Å². The number of nitrogens with zero attached hydrogens (tertiary/aromatic N) is 2. The van der Waals surface area contributed by atoms with E-state index in [1.165, 1.54) is 0 Å². The van der Waals surface area contributed by atoms with E-state index in [2.05, 4.69) is 4.90 Å². The van der Waals surface area contributed by atoms with Crippen molar-refractivity contribution in [1.82, 2.24) is 9.80 Å². The van der Waals surface area contributed by atoms with Crippen molar-refractivity contribution in [3.63, 3.8) is 0 Å². The average molecular weight is 376 g/mol. The van der Waals surface area contributed by atoms with Crippen LogP contribution in [0.4, 0.5) is 0 Å². The SMILES string of the molecule is O=C(c1ccc2c(c1)OCO2)N1C[C@@H](CO)[C@@H](CN2CCC(CO)CC2)C1. The molecule has 0 spiro atoms. The van der Waals surface area contributed by atoms with Crippen LogP contribution in [0.15, 0.2) is 18.2 Å². The van der Waals surface area contributed by atoms with Gasteiger partial charge in [0.1, 0.15) is 0 Å². The Morgan fingerprint density at radius 3 is 2.52 bits per heavy atom. The number of amides is 1. The van der Waals surface area contributed by atoms with Crippen LogP contribution < -0.4 is 9.47 Å². The first-order valence-electron chi connectivity index (χ1n) is 9.81. The Labute approximate surface area is 159 Å². The van der Waals surface area contributed by atoms with Gasteiger partial charge in [-0.1, -0.05) is 0 Å². The molecule has 1 aromatic rings. The minimum atomic E-state index is -0.0201. The number of fused-ring (bicyclic) bond motifs is 1. The number of rotatable bonds is 5. The third-order valence-corrected chi connectivity index (χ3v) is 6.18. The molecule has 4 rings (SSSR count). The van der Waals surface area contributed by atoms with Crippen molar-refractivity contribution in [3.05, 3.63) is 23.8 Å². The van der Waals surface area contributed by atoms with Gasteiger partial charge < -0.3 is 29.5 Å². The van der Waals surface area contributed by atoms with Gasteiger partial charge in [0.15, 0.2) is 11.5 Å². The Morgan fingerprint density at radius 2 is 1.78 bits per heavy atom. The van der Waals surface area contributed by atoms with E-state index in [9.17, 15) is 15.0 Å².